The molecular formula is C16H23NO4S. The summed E-state index contributed by atoms with van der Waals surface area (Å²) in [5, 5.41) is 0.769. The smallest absolute Gasteiger partial charge is 0.408 e. The van der Waals surface area contributed by atoms with Gasteiger partial charge in [0.25, 0.3) is 0 Å². The van der Waals surface area contributed by atoms with Gasteiger partial charge in [0.2, 0.25) is 0 Å². The van der Waals surface area contributed by atoms with E-state index in [0.717, 1.165) is 5.39 Å². The predicted octanol–water partition coefficient (Wildman–Crippen LogP) is 2.92. The van der Waals surface area contributed by atoms with Crippen LogP contribution in [-0.2, 0) is 16.3 Å². The molecule has 5 nitrogen and oxygen atoms in total. The van der Waals surface area contributed by atoms with Crippen molar-refractivity contribution in [1.82, 2.24) is 4.98 Å². The minimum absolute atomic E-state index is 0.0230. The number of aromatic nitrogens is 1. The summed E-state index contributed by atoms with van der Waals surface area (Å²) >= 11 is 0. The molecule has 0 spiro atoms. The van der Waals surface area contributed by atoms with Gasteiger partial charge in [-0.25, -0.2) is 13.2 Å². The lowest BCUT2D eigenvalue weighted by Crippen LogP contribution is -2.11. The van der Waals surface area contributed by atoms with Crippen molar-refractivity contribution in [2.45, 2.75) is 40.0 Å². The van der Waals surface area contributed by atoms with Gasteiger partial charge >= 0.3 is 5.76 Å². The number of hydrogen-bond acceptors (Lipinski definition) is 5. The monoisotopic (exact) mass is 325 g/mol. The Labute approximate surface area is 131 Å². The van der Waals surface area contributed by atoms with Crippen LogP contribution < -0.4 is 5.76 Å². The fourth-order valence-corrected chi connectivity index (χ4v) is 2.70. The molecule has 0 atom stereocenters. The van der Waals surface area contributed by atoms with Crippen LogP contribution in [0.15, 0.2) is 27.4 Å². The Hall–Kier alpha value is -1.69. The molecule has 1 aromatic carbocycles. The maximum atomic E-state index is 11.6. The number of nitrogens with zero attached hydrogens (tertiary/aromatic N) is 1. The highest BCUT2D eigenvalue weighted by atomic mass is 32.2. The van der Waals surface area contributed by atoms with Gasteiger partial charge in [-0.2, -0.15) is 4.98 Å². The SMILES string of the molecule is CC.CC(C)c1nc(=O)oc2c(CCS(C)(=O)=O)cccc12. The Bertz CT molecular complexity index is 791. The predicted molar refractivity (Wildman–Crippen MR) is 89.1 cm³/mol. The van der Waals surface area contributed by atoms with Gasteiger partial charge in [0.15, 0.2) is 0 Å². The van der Waals surface area contributed by atoms with E-state index in [0.29, 0.717) is 23.3 Å². The Balaban J connectivity index is 0.00000116. The van der Waals surface area contributed by atoms with Crippen molar-refractivity contribution >= 4 is 20.8 Å². The highest BCUT2D eigenvalue weighted by molar-refractivity contribution is 7.90. The van der Waals surface area contributed by atoms with Gasteiger partial charge in [-0.3, -0.25) is 0 Å². The Morgan fingerprint density at radius 2 is 1.86 bits per heavy atom. The molecule has 1 heterocycles. The topological polar surface area (TPSA) is 77.2 Å². The molecule has 6 heteroatoms. The van der Waals surface area contributed by atoms with E-state index in [-0.39, 0.29) is 11.7 Å². The van der Waals surface area contributed by atoms with Gasteiger partial charge < -0.3 is 4.42 Å². The zero-order chi connectivity index (χ0) is 16.9. The summed E-state index contributed by atoms with van der Waals surface area (Å²) in [7, 11) is -3.06. The van der Waals surface area contributed by atoms with Crippen LogP contribution in [0.5, 0.6) is 0 Å². The van der Waals surface area contributed by atoms with Crippen LogP contribution in [-0.4, -0.2) is 25.4 Å². The van der Waals surface area contributed by atoms with Crippen molar-refractivity contribution in [3.05, 3.63) is 40.0 Å². The van der Waals surface area contributed by atoms with E-state index in [4.69, 9.17) is 4.42 Å². The van der Waals surface area contributed by atoms with Crippen molar-refractivity contribution in [3.63, 3.8) is 0 Å². The summed E-state index contributed by atoms with van der Waals surface area (Å²) < 4.78 is 27.7. The van der Waals surface area contributed by atoms with Crippen molar-refractivity contribution < 1.29 is 12.8 Å². The fourth-order valence-electron chi connectivity index (χ4n) is 2.11. The van der Waals surface area contributed by atoms with Crippen LogP contribution in [0.3, 0.4) is 0 Å². The van der Waals surface area contributed by atoms with Crippen LogP contribution >= 0.6 is 0 Å². The largest absolute Gasteiger partial charge is 0.439 e. The number of hydrogen-bond donors (Lipinski definition) is 0. The molecule has 0 radical (unpaired) electrons. The molecule has 0 fully saturated rings. The second kappa shape index (κ2) is 7.54. The number of aryl methyl sites for hydroxylation is 1. The first-order chi connectivity index (χ1) is 10.3. The van der Waals surface area contributed by atoms with Crippen LogP contribution in [0.25, 0.3) is 11.0 Å². The summed E-state index contributed by atoms with van der Waals surface area (Å²) in [5.74, 6) is -0.533. The van der Waals surface area contributed by atoms with E-state index in [1.165, 1.54) is 6.26 Å². The number of fused-ring (bicyclic) bond motifs is 1. The zero-order valence-electron chi connectivity index (χ0n) is 13.7. The first kappa shape index (κ1) is 18.4. The molecule has 0 aliphatic rings. The molecule has 0 saturated carbocycles. The molecule has 0 unspecified atom stereocenters. The lowest BCUT2D eigenvalue weighted by Gasteiger charge is -2.09. The van der Waals surface area contributed by atoms with Crippen molar-refractivity contribution in [2.24, 2.45) is 0 Å². The minimum Gasteiger partial charge on any atom is -0.408 e. The van der Waals surface area contributed by atoms with Crippen LogP contribution in [0, 0.1) is 0 Å². The third-order valence-corrected chi connectivity index (χ3v) is 4.01. The molecule has 0 aliphatic carbocycles. The van der Waals surface area contributed by atoms with Gasteiger partial charge in [-0.1, -0.05) is 39.8 Å². The van der Waals surface area contributed by atoms with E-state index in [9.17, 15) is 13.2 Å². The van der Waals surface area contributed by atoms with Gasteiger partial charge in [-0.05, 0) is 24.0 Å². The molecule has 1 aromatic heterocycles. The Kier molecular flexibility index (Phi) is 6.29. The number of para-hydroxylation sites is 1. The maximum Gasteiger partial charge on any atom is 0.439 e. The first-order valence-electron chi connectivity index (χ1n) is 7.38. The standard InChI is InChI=1S/C14H17NO4S.C2H6/c1-9(2)12-11-6-4-5-10(7-8-20(3,17)18)13(11)19-14(16)15-12;1-2/h4-6,9H,7-8H2,1-3H3;1-2H3. The molecule has 0 aliphatic heterocycles. The van der Waals surface area contributed by atoms with Gasteiger partial charge in [0.1, 0.15) is 15.4 Å². The van der Waals surface area contributed by atoms with Gasteiger partial charge in [0, 0.05) is 11.6 Å². The lowest BCUT2D eigenvalue weighted by atomic mass is 10.0. The molecule has 0 amide bonds. The number of benzene rings is 1. The molecule has 2 aromatic rings. The molecular weight excluding hydrogens is 302 g/mol. The highest BCUT2D eigenvalue weighted by Gasteiger charge is 2.14. The third kappa shape index (κ3) is 4.66. The van der Waals surface area contributed by atoms with E-state index in [1.807, 2.05) is 39.8 Å². The summed E-state index contributed by atoms with van der Waals surface area (Å²) in [6.07, 6.45) is 1.51. The number of rotatable bonds is 4. The van der Waals surface area contributed by atoms with Crippen molar-refractivity contribution in [3.8, 4) is 0 Å². The first-order valence-corrected chi connectivity index (χ1v) is 9.44. The molecule has 0 saturated heterocycles. The van der Waals surface area contributed by atoms with Crippen molar-refractivity contribution in [1.29, 1.82) is 0 Å². The highest BCUT2D eigenvalue weighted by Crippen LogP contribution is 2.24. The number of sulfone groups is 1. The second-order valence-electron chi connectivity index (χ2n) is 5.19. The normalized spacial score (nSPS) is 11.4. The Morgan fingerprint density at radius 1 is 1.23 bits per heavy atom. The van der Waals surface area contributed by atoms with Gasteiger partial charge in [0.05, 0.1) is 11.4 Å². The van der Waals surface area contributed by atoms with Crippen LogP contribution in [0.4, 0.5) is 0 Å². The summed E-state index contributed by atoms with van der Waals surface area (Å²) in [4.78, 5) is 15.5. The average Bonchev–Trinajstić information content (AvgIpc) is 2.45. The quantitative estimate of drug-likeness (QED) is 0.863. The van der Waals surface area contributed by atoms with E-state index in [1.54, 1.807) is 6.07 Å². The lowest BCUT2D eigenvalue weighted by molar-refractivity contribution is 0.520. The summed E-state index contributed by atoms with van der Waals surface area (Å²) in [6.45, 7) is 7.90. The minimum atomic E-state index is -3.06. The van der Waals surface area contributed by atoms with Crippen LogP contribution in [0.1, 0.15) is 44.9 Å². The average molecular weight is 325 g/mol. The molecule has 22 heavy (non-hydrogen) atoms. The molecule has 122 valence electrons. The fraction of sp³-hybridized carbons (Fsp3) is 0.500. The summed E-state index contributed by atoms with van der Waals surface area (Å²) in [5.41, 5.74) is 1.84. The van der Waals surface area contributed by atoms with Gasteiger partial charge in [-0.15, -0.1) is 0 Å². The molecule has 0 N–H and O–H groups in total. The van der Waals surface area contributed by atoms with E-state index < -0.39 is 15.6 Å². The Morgan fingerprint density at radius 3 is 2.41 bits per heavy atom. The van der Waals surface area contributed by atoms with Crippen LogP contribution in [0.2, 0.25) is 0 Å². The zero-order valence-corrected chi connectivity index (χ0v) is 14.5. The molecule has 0 bridgehead atoms. The molecule has 2 rings (SSSR count). The third-order valence-electron chi connectivity index (χ3n) is 3.06. The van der Waals surface area contributed by atoms with Crippen molar-refractivity contribution in [2.75, 3.05) is 12.0 Å². The summed E-state index contributed by atoms with van der Waals surface area (Å²) in [6, 6.07) is 5.44. The maximum absolute atomic E-state index is 11.6. The van der Waals surface area contributed by atoms with E-state index in [2.05, 4.69) is 4.98 Å². The van der Waals surface area contributed by atoms with E-state index >= 15 is 0 Å². The second-order valence-corrected chi connectivity index (χ2v) is 7.45.